The molecule has 1 aliphatic rings. The van der Waals surface area contributed by atoms with Crippen LogP contribution >= 0.6 is 0 Å². The number of benzene rings is 1. The molecule has 7 heteroatoms. The van der Waals surface area contributed by atoms with E-state index in [1.807, 2.05) is 20.8 Å². The molecule has 30 heavy (non-hydrogen) atoms. The molecule has 1 heterocycles. The van der Waals surface area contributed by atoms with Crippen LogP contribution in [-0.4, -0.2) is 44.6 Å². The topological polar surface area (TPSA) is 82.5 Å². The molecule has 1 aliphatic carbocycles. The van der Waals surface area contributed by atoms with E-state index in [-0.39, 0.29) is 23.8 Å². The van der Waals surface area contributed by atoms with Gasteiger partial charge in [-0.15, -0.1) is 0 Å². The maximum atomic E-state index is 13.4. The SMILES string of the molecule is CC(C)(C)N(C(=O)O)C1CCCC(NC(=O)c2ccc(-c3cccc(F)c3)nc2)C1. The van der Waals surface area contributed by atoms with Gasteiger partial charge in [-0.2, -0.15) is 0 Å². The van der Waals surface area contributed by atoms with Crippen molar-refractivity contribution in [2.24, 2.45) is 0 Å². The molecule has 0 bridgehead atoms. The second-order valence-corrected chi connectivity index (χ2v) is 8.76. The standard InChI is InChI=1S/C23H28FN3O3/c1-23(2,3)27(22(29)30)19-9-5-8-18(13-19)26-21(28)16-10-11-20(25-14-16)15-6-4-7-17(24)12-15/h4,6-7,10-12,14,18-19H,5,8-9,13H2,1-3H3,(H,26,28)(H,29,30). The number of amides is 2. The van der Waals surface area contributed by atoms with Crippen molar-refractivity contribution in [3.05, 3.63) is 54.0 Å². The van der Waals surface area contributed by atoms with E-state index < -0.39 is 11.6 Å². The van der Waals surface area contributed by atoms with Crippen LogP contribution in [0.3, 0.4) is 0 Å². The Morgan fingerprint density at radius 1 is 1.20 bits per heavy atom. The molecule has 1 saturated carbocycles. The monoisotopic (exact) mass is 413 g/mol. The van der Waals surface area contributed by atoms with Crippen LogP contribution in [0.2, 0.25) is 0 Å². The number of carboxylic acid groups (broad SMARTS) is 1. The van der Waals surface area contributed by atoms with Gasteiger partial charge < -0.3 is 15.3 Å². The summed E-state index contributed by atoms with van der Waals surface area (Å²) in [4.78, 5) is 30.2. The van der Waals surface area contributed by atoms with Crippen LogP contribution in [0.25, 0.3) is 11.3 Å². The summed E-state index contributed by atoms with van der Waals surface area (Å²) < 4.78 is 13.4. The molecule has 1 fully saturated rings. The summed E-state index contributed by atoms with van der Waals surface area (Å²) in [7, 11) is 0. The number of rotatable bonds is 4. The van der Waals surface area contributed by atoms with E-state index in [2.05, 4.69) is 10.3 Å². The largest absolute Gasteiger partial charge is 0.465 e. The highest BCUT2D eigenvalue weighted by Gasteiger charge is 2.36. The predicted molar refractivity (Wildman–Crippen MR) is 113 cm³/mol. The lowest BCUT2D eigenvalue weighted by molar-refractivity contribution is 0.0509. The highest BCUT2D eigenvalue weighted by atomic mass is 19.1. The molecule has 6 nitrogen and oxygen atoms in total. The van der Waals surface area contributed by atoms with Crippen LogP contribution in [0.5, 0.6) is 0 Å². The van der Waals surface area contributed by atoms with Gasteiger partial charge in [-0.05, 0) is 70.7 Å². The van der Waals surface area contributed by atoms with Gasteiger partial charge in [0.2, 0.25) is 0 Å². The van der Waals surface area contributed by atoms with Crippen LogP contribution < -0.4 is 5.32 Å². The van der Waals surface area contributed by atoms with E-state index >= 15 is 0 Å². The smallest absolute Gasteiger partial charge is 0.407 e. The summed E-state index contributed by atoms with van der Waals surface area (Å²) in [6.45, 7) is 5.65. The molecular formula is C23H28FN3O3. The van der Waals surface area contributed by atoms with Gasteiger partial charge >= 0.3 is 6.09 Å². The van der Waals surface area contributed by atoms with Crippen molar-refractivity contribution < 1.29 is 19.1 Å². The van der Waals surface area contributed by atoms with E-state index in [0.29, 0.717) is 23.2 Å². The number of halogens is 1. The quantitative estimate of drug-likeness (QED) is 0.761. The summed E-state index contributed by atoms with van der Waals surface area (Å²) in [5.74, 6) is -0.579. The highest BCUT2D eigenvalue weighted by molar-refractivity contribution is 5.94. The Morgan fingerprint density at radius 3 is 2.57 bits per heavy atom. The van der Waals surface area contributed by atoms with E-state index in [9.17, 15) is 19.1 Å². The second kappa shape index (κ2) is 8.81. The average Bonchev–Trinajstić information content (AvgIpc) is 2.67. The van der Waals surface area contributed by atoms with Crippen molar-refractivity contribution in [3.8, 4) is 11.3 Å². The van der Waals surface area contributed by atoms with Crippen molar-refractivity contribution in [1.82, 2.24) is 15.2 Å². The lowest BCUT2D eigenvalue weighted by Crippen LogP contribution is -2.54. The third-order valence-electron chi connectivity index (χ3n) is 5.42. The van der Waals surface area contributed by atoms with Gasteiger partial charge in [-0.3, -0.25) is 9.78 Å². The summed E-state index contributed by atoms with van der Waals surface area (Å²) >= 11 is 0. The average molecular weight is 413 g/mol. The predicted octanol–water partition coefficient (Wildman–Crippen LogP) is 4.71. The van der Waals surface area contributed by atoms with Crippen LogP contribution in [0.1, 0.15) is 56.8 Å². The summed E-state index contributed by atoms with van der Waals surface area (Å²) in [5, 5.41) is 12.7. The first-order chi connectivity index (χ1) is 14.1. The maximum Gasteiger partial charge on any atom is 0.407 e. The molecule has 1 aromatic heterocycles. The van der Waals surface area contributed by atoms with Gasteiger partial charge in [-0.25, -0.2) is 9.18 Å². The molecule has 0 radical (unpaired) electrons. The molecule has 0 saturated heterocycles. The van der Waals surface area contributed by atoms with Crippen molar-refractivity contribution in [2.75, 3.05) is 0 Å². The molecular weight excluding hydrogens is 385 g/mol. The van der Waals surface area contributed by atoms with Gasteiger partial charge in [0.1, 0.15) is 5.82 Å². The summed E-state index contributed by atoms with van der Waals surface area (Å²) in [6.07, 6.45) is 3.59. The van der Waals surface area contributed by atoms with Crippen molar-refractivity contribution in [3.63, 3.8) is 0 Å². The first kappa shape index (κ1) is 21.7. The van der Waals surface area contributed by atoms with E-state index in [1.54, 1.807) is 24.3 Å². The molecule has 160 valence electrons. The second-order valence-electron chi connectivity index (χ2n) is 8.76. The Hall–Kier alpha value is -2.96. The van der Waals surface area contributed by atoms with E-state index in [1.165, 1.54) is 23.2 Å². The zero-order valence-electron chi connectivity index (χ0n) is 17.6. The summed E-state index contributed by atoms with van der Waals surface area (Å²) in [6, 6.07) is 9.28. The first-order valence-electron chi connectivity index (χ1n) is 10.2. The molecule has 3 rings (SSSR count). The fourth-order valence-corrected chi connectivity index (χ4v) is 4.14. The molecule has 1 aromatic carbocycles. The van der Waals surface area contributed by atoms with Gasteiger partial charge in [0.25, 0.3) is 5.91 Å². The van der Waals surface area contributed by atoms with Gasteiger partial charge in [0.15, 0.2) is 0 Å². The molecule has 2 unspecified atom stereocenters. The van der Waals surface area contributed by atoms with Crippen LogP contribution in [0, 0.1) is 5.82 Å². The minimum absolute atomic E-state index is 0.0941. The Labute approximate surface area is 176 Å². The van der Waals surface area contributed by atoms with Crippen molar-refractivity contribution in [2.45, 2.75) is 64.1 Å². The van der Waals surface area contributed by atoms with Crippen molar-refractivity contribution in [1.29, 1.82) is 0 Å². The van der Waals surface area contributed by atoms with E-state index in [4.69, 9.17) is 0 Å². The Morgan fingerprint density at radius 2 is 1.97 bits per heavy atom. The normalized spacial score (nSPS) is 19.2. The fraction of sp³-hybridized carbons (Fsp3) is 0.435. The number of carbonyl (C=O) groups is 2. The van der Waals surface area contributed by atoms with Gasteiger partial charge in [0.05, 0.1) is 11.3 Å². The van der Waals surface area contributed by atoms with Crippen LogP contribution in [0.4, 0.5) is 9.18 Å². The third-order valence-corrected chi connectivity index (χ3v) is 5.42. The lowest BCUT2D eigenvalue weighted by atomic mass is 9.87. The number of pyridine rings is 1. The Bertz CT molecular complexity index is 909. The number of hydrogen-bond donors (Lipinski definition) is 2. The van der Waals surface area contributed by atoms with Gasteiger partial charge in [0, 0.05) is 29.4 Å². The Kier molecular flexibility index (Phi) is 6.39. The van der Waals surface area contributed by atoms with Crippen molar-refractivity contribution >= 4 is 12.0 Å². The van der Waals surface area contributed by atoms with Crippen LogP contribution in [-0.2, 0) is 0 Å². The molecule has 2 N–H and O–H groups in total. The molecule has 2 amide bonds. The fourth-order valence-electron chi connectivity index (χ4n) is 4.14. The summed E-state index contributed by atoms with van der Waals surface area (Å²) in [5.41, 5.74) is 1.15. The highest BCUT2D eigenvalue weighted by Crippen LogP contribution is 2.29. The zero-order chi connectivity index (χ0) is 21.9. The van der Waals surface area contributed by atoms with Crippen LogP contribution in [0.15, 0.2) is 42.6 Å². The molecule has 0 spiro atoms. The first-order valence-corrected chi connectivity index (χ1v) is 10.2. The number of carbonyl (C=O) groups excluding carboxylic acids is 1. The molecule has 0 aliphatic heterocycles. The maximum absolute atomic E-state index is 13.4. The number of hydrogen-bond acceptors (Lipinski definition) is 3. The van der Waals surface area contributed by atoms with E-state index in [0.717, 1.165) is 19.3 Å². The third kappa shape index (κ3) is 5.14. The molecule has 2 atom stereocenters. The number of nitrogens with zero attached hydrogens (tertiary/aromatic N) is 2. The zero-order valence-corrected chi connectivity index (χ0v) is 17.6. The lowest BCUT2D eigenvalue weighted by Gasteiger charge is -2.43. The minimum atomic E-state index is -0.934. The van der Waals surface area contributed by atoms with Gasteiger partial charge in [-0.1, -0.05) is 12.1 Å². The minimum Gasteiger partial charge on any atom is -0.465 e. The number of nitrogens with one attached hydrogen (secondary N) is 1. The Balaban J connectivity index is 1.66. The molecule has 2 aromatic rings. The number of aromatic nitrogens is 1.